The first kappa shape index (κ1) is 15.7. The molecule has 0 amide bonds. The lowest BCUT2D eigenvalue weighted by molar-refractivity contribution is 0.199. The van der Waals surface area contributed by atoms with E-state index < -0.39 is 0 Å². The number of phenols is 1. The molecule has 1 aromatic heterocycles. The van der Waals surface area contributed by atoms with Crippen LogP contribution in [0.4, 0.5) is 0 Å². The molecule has 2 rings (SSSR count). The molecule has 0 aliphatic carbocycles. The van der Waals surface area contributed by atoms with E-state index in [1.165, 1.54) is 0 Å². The molecular weight excluding hydrogens is 290 g/mol. The summed E-state index contributed by atoms with van der Waals surface area (Å²) in [5, 5.41) is 25.0. The van der Waals surface area contributed by atoms with E-state index in [0.717, 1.165) is 29.6 Å². The molecule has 0 fully saturated rings. The number of aromatic hydroxyl groups is 1. The number of ether oxygens (including phenoxy) is 1. The van der Waals surface area contributed by atoms with Gasteiger partial charge in [-0.05, 0) is 28.1 Å². The molecule has 0 saturated heterocycles. The van der Waals surface area contributed by atoms with Crippen LogP contribution >= 0.6 is 11.8 Å². The second-order valence-corrected chi connectivity index (χ2v) is 5.33. The minimum absolute atomic E-state index is 0.274. The highest BCUT2D eigenvalue weighted by Crippen LogP contribution is 2.21. The van der Waals surface area contributed by atoms with Crippen LogP contribution in [0.3, 0.4) is 0 Å². The summed E-state index contributed by atoms with van der Waals surface area (Å²) < 4.78 is 6.75. The Labute approximate surface area is 127 Å². The van der Waals surface area contributed by atoms with Gasteiger partial charge in [-0.3, -0.25) is 0 Å². The van der Waals surface area contributed by atoms with Crippen molar-refractivity contribution in [3.63, 3.8) is 0 Å². The van der Waals surface area contributed by atoms with Crippen LogP contribution in [-0.2, 0) is 17.0 Å². The predicted molar refractivity (Wildman–Crippen MR) is 80.2 cm³/mol. The van der Waals surface area contributed by atoms with Gasteiger partial charge in [-0.15, -0.1) is 5.10 Å². The first-order valence-corrected chi connectivity index (χ1v) is 7.64. The Morgan fingerprint density at radius 3 is 2.86 bits per heavy atom. The first-order chi connectivity index (χ1) is 10.3. The molecule has 2 N–H and O–H groups in total. The van der Waals surface area contributed by atoms with Gasteiger partial charge in [0.15, 0.2) is 0 Å². The van der Waals surface area contributed by atoms with Crippen LogP contribution in [0.1, 0.15) is 5.56 Å². The molecule has 0 aliphatic rings. The molecule has 2 aromatic rings. The Morgan fingerprint density at radius 1 is 1.29 bits per heavy atom. The highest BCUT2D eigenvalue weighted by Gasteiger charge is 2.06. The molecule has 1 aromatic carbocycles. The van der Waals surface area contributed by atoms with E-state index in [2.05, 4.69) is 20.8 Å². The summed E-state index contributed by atoms with van der Waals surface area (Å²) in [5.41, 5.74) is 1.12. The van der Waals surface area contributed by atoms with Crippen LogP contribution < -0.4 is 5.32 Å². The number of benzene rings is 1. The maximum absolute atomic E-state index is 9.25. The fraction of sp³-hybridized carbons (Fsp3) is 0.462. The van der Waals surface area contributed by atoms with Crippen LogP contribution in [0.2, 0.25) is 0 Å². The molecule has 0 bridgehead atoms. The number of rotatable bonds is 9. The summed E-state index contributed by atoms with van der Waals surface area (Å²) in [6.45, 7) is 3.02. The van der Waals surface area contributed by atoms with Crippen LogP contribution in [0.15, 0.2) is 29.4 Å². The molecule has 21 heavy (non-hydrogen) atoms. The Kier molecular flexibility index (Phi) is 6.45. The lowest BCUT2D eigenvalue weighted by Crippen LogP contribution is -2.24. The van der Waals surface area contributed by atoms with Crippen LogP contribution in [-0.4, -0.2) is 52.1 Å². The van der Waals surface area contributed by atoms with Gasteiger partial charge < -0.3 is 15.2 Å². The van der Waals surface area contributed by atoms with Crippen LogP contribution in [0.5, 0.6) is 5.75 Å². The predicted octanol–water partition coefficient (Wildman–Crippen LogP) is 0.907. The van der Waals surface area contributed by atoms with Crippen molar-refractivity contribution in [2.24, 2.45) is 0 Å². The van der Waals surface area contributed by atoms with Gasteiger partial charge in [-0.25, -0.2) is 4.68 Å². The van der Waals surface area contributed by atoms with E-state index in [1.807, 2.05) is 12.1 Å². The molecule has 114 valence electrons. The van der Waals surface area contributed by atoms with Crippen molar-refractivity contribution in [3.8, 4) is 5.75 Å². The molecule has 0 saturated carbocycles. The topological polar surface area (TPSA) is 85.1 Å². The molecule has 1 heterocycles. The van der Waals surface area contributed by atoms with Crippen molar-refractivity contribution in [3.05, 3.63) is 29.8 Å². The Balaban J connectivity index is 1.78. The van der Waals surface area contributed by atoms with Gasteiger partial charge >= 0.3 is 0 Å². The third kappa shape index (κ3) is 5.33. The number of aromatic nitrogens is 4. The third-order valence-electron chi connectivity index (χ3n) is 2.79. The Morgan fingerprint density at radius 2 is 2.10 bits per heavy atom. The van der Waals surface area contributed by atoms with E-state index in [-0.39, 0.29) is 5.75 Å². The van der Waals surface area contributed by atoms with Crippen molar-refractivity contribution in [1.29, 1.82) is 0 Å². The van der Waals surface area contributed by atoms with Gasteiger partial charge in [0.25, 0.3) is 0 Å². The quantitative estimate of drug-likeness (QED) is 0.526. The largest absolute Gasteiger partial charge is 0.508 e. The fourth-order valence-electron chi connectivity index (χ4n) is 1.66. The Bertz CT molecular complexity index is 532. The molecule has 0 radical (unpaired) electrons. The van der Waals surface area contributed by atoms with Gasteiger partial charge in [-0.2, -0.15) is 0 Å². The van der Waals surface area contributed by atoms with Crippen molar-refractivity contribution in [2.45, 2.75) is 17.5 Å². The fourth-order valence-corrected chi connectivity index (χ4v) is 2.52. The van der Waals surface area contributed by atoms with Crippen LogP contribution in [0.25, 0.3) is 0 Å². The number of tetrazole rings is 1. The molecule has 0 atom stereocenters. The zero-order chi connectivity index (χ0) is 14.9. The maximum Gasteiger partial charge on any atom is 0.209 e. The monoisotopic (exact) mass is 309 g/mol. The SMILES string of the molecule is COCCNCCn1nnnc1SCc1ccc(O)cc1. The molecule has 0 aliphatic heterocycles. The number of nitrogens with zero attached hydrogens (tertiary/aromatic N) is 4. The number of hydrogen-bond acceptors (Lipinski definition) is 7. The standard InChI is InChI=1S/C13H19N5O2S/c1-20-9-7-14-6-8-18-13(15-16-17-18)21-10-11-2-4-12(19)5-3-11/h2-5,14,19H,6-10H2,1H3. The number of methoxy groups -OCH3 is 1. The molecule has 0 unspecified atom stereocenters. The second kappa shape index (κ2) is 8.60. The van der Waals surface area contributed by atoms with E-state index in [9.17, 15) is 5.11 Å². The summed E-state index contributed by atoms with van der Waals surface area (Å²) in [6.07, 6.45) is 0. The summed E-state index contributed by atoms with van der Waals surface area (Å²) in [4.78, 5) is 0. The normalized spacial score (nSPS) is 10.9. The molecule has 8 heteroatoms. The highest BCUT2D eigenvalue weighted by atomic mass is 32.2. The lowest BCUT2D eigenvalue weighted by Gasteiger charge is -2.06. The molecule has 7 nitrogen and oxygen atoms in total. The van der Waals surface area contributed by atoms with Crippen LogP contribution in [0, 0.1) is 0 Å². The zero-order valence-electron chi connectivity index (χ0n) is 11.9. The minimum Gasteiger partial charge on any atom is -0.508 e. The van der Waals surface area contributed by atoms with E-state index in [1.54, 1.807) is 35.7 Å². The minimum atomic E-state index is 0.274. The number of thioether (sulfide) groups is 1. The first-order valence-electron chi connectivity index (χ1n) is 6.66. The maximum atomic E-state index is 9.25. The van der Waals surface area contributed by atoms with Crippen molar-refractivity contribution < 1.29 is 9.84 Å². The second-order valence-electron chi connectivity index (χ2n) is 4.38. The third-order valence-corrected chi connectivity index (χ3v) is 3.81. The van der Waals surface area contributed by atoms with Crippen molar-refractivity contribution in [1.82, 2.24) is 25.5 Å². The molecular formula is C13H19N5O2S. The van der Waals surface area contributed by atoms with Gasteiger partial charge in [0, 0.05) is 26.0 Å². The Hall–Kier alpha value is -1.64. The van der Waals surface area contributed by atoms with E-state index in [4.69, 9.17) is 4.74 Å². The highest BCUT2D eigenvalue weighted by molar-refractivity contribution is 7.98. The average molecular weight is 309 g/mol. The van der Waals surface area contributed by atoms with E-state index >= 15 is 0 Å². The van der Waals surface area contributed by atoms with Gasteiger partial charge in [0.05, 0.1) is 13.2 Å². The molecule has 0 spiro atoms. The smallest absolute Gasteiger partial charge is 0.209 e. The summed E-state index contributed by atoms with van der Waals surface area (Å²) in [6, 6.07) is 7.14. The number of phenolic OH excluding ortho intramolecular Hbond substituents is 1. The van der Waals surface area contributed by atoms with Gasteiger partial charge in [-0.1, -0.05) is 23.9 Å². The average Bonchev–Trinajstić information content (AvgIpc) is 2.94. The summed E-state index contributed by atoms with van der Waals surface area (Å²) >= 11 is 1.57. The number of hydrogen-bond donors (Lipinski definition) is 2. The van der Waals surface area contributed by atoms with Crippen molar-refractivity contribution >= 4 is 11.8 Å². The lowest BCUT2D eigenvalue weighted by atomic mass is 10.2. The number of nitrogens with one attached hydrogen (secondary N) is 1. The summed E-state index contributed by atoms with van der Waals surface area (Å²) in [5.74, 6) is 1.04. The van der Waals surface area contributed by atoms with E-state index in [0.29, 0.717) is 13.2 Å². The zero-order valence-corrected chi connectivity index (χ0v) is 12.7. The van der Waals surface area contributed by atoms with Gasteiger partial charge in [0.1, 0.15) is 5.75 Å². The van der Waals surface area contributed by atoms with Gasteiger partial charge in [0.2, 0.25) is 5.16 Å². The summed E-state index contributed by atoms with van der Waals surface area (Å²) in [7, 11) is 1.68. The van der Waals surface area contributed by atoms with Crippen molar-refractivity contribution in [2.75, 3.05) is 26.8 Å².